The first-order valence-electron chi connectivity index (χ1n) is 6.89. The molecule has 3 rings (SSSR count). The summed E-state index contributed by atoms with van der Waals surface area (Å²) in [5.74, 6) is 0.0801. The molecule has 0 saturated carbocycles. The first-order chi connectivity index (χ1) is 10.7. The van der Waals surface area contributed by atoms with E-state index >= 15 is 0 Å². The maximum atomic E-state index is 12.2. The molecule has 8 heteroatoms. The molecule has 22 heavy (non-hydrogen) atoms. The summed E-state index contributed by atoms with van der Waals surface area (Å²) in [6.07, 6.45) is 0.902. The van der Waals surface area contributed by atoms with Gasteiger partial charge in [0.15, 0.2) is 12.4 Å². The van der Waals surface area contributed by atoms with Crippen LogP contribution in [0.1, 0.15) is 29.7 Å². The van der Waals surface area contributed by atoms with Gasteiger partial charge in [-0.1, -0.05) is 25.1 Å². The Labute approximate surface area is 134 Å². The highest BCUT2D eigenvalue weighted by atomic mass is 79.9. The minimum absolute atomic E-state index is 0.0354. The normalized spacial score (nSPS) is 11.0. The van der Waals surface area contributed by atoms with Gasteiger partial charge in [0.1, 0.15) is 5.69 Å². The van der Waals surface area contributed by atoms with E-state index in [9.17, 15) is 4.79 Å². The molecule has 3 aromatic rings. The van der Waals surface area contributed by atoms with Gasteiger partial charge in [0.25, 0.3) is 0 Å². The molecule has 0 aliphatic rings. The second kappa shape index (κ2) is 6.27. The quantitative estimate of drug-likeness (QED) is 0.704. The average molecular weight is 364 g/mol. The predicted octanol–water partition coefficient (Wildman–Crippen LogP) is 2.68. The lowest BCUT2D eigenvalue weighted by atomic mass is 10.2. The first-order valence-corrected chi connectivity index (χ1v) is 7.68. The van der Waals surface area contributed by atoms with Crippen molar-refractivity contribution in [1.82, 2.24) is 25.2 Å². The number of hydrogen-bond donors (Lipinski definition) is 1. The summed E-state index contributed by atoms with van der Waals surface area (Å²) in [5, 5.41) is 12.3. The minimum Gasteiger partial charge on any atom is -0.453 e. The van der Waals surface area contributed by atoms with E-state index in [0.29, 0.717) is 22.5 Å². The Kier molecular flexibility index (Phi) is 4.19. The summed E-state index contributed by atoms with van der Waals surface area (Å²) in [6.45, 7) is 2.75. The van der Waals surface area contributed by atoms with Crippen LogP contribution < -0.4 is 0 Å². The fourth-order valence-electron chi connectivity index (χ4n) is 2.16. The van der Waals surface area contributed by atoms with Gasteiger partial charge < -0.3 is 9.72 Å². The summed E-state index contributed by atoms with van der Waals surface area (Å²) < 4.78 is 7.63. The third-order valence-electron chi connectivity index (χ3n) is 3.22. The number of tetrazole rings is 1. The van der Waals surface area contributed by atoms with Gasteiger partial charge in [-0.2, -0.15) is 0 Å². The molecule has 0 saturated heterocycles. The van der Waals surface area contributed by atoms with Crippen LogP contribution in [0, 0.1) is 0 Å². The zero-order valence-corrected chi connectivity index (χ0v) is 13.5. The third kappa shape index (κ3) is 2.74. The summed E-state index contributed by atoms with van der Waals surface area (Å²) in [6, 6.07) is 7.64. The van der Waals surface area contributed by atoms with Crippen LogP contribution in [0.25, 0.3) is 10.9 Å². The number of esters is 1. The standard InChI is InChI=1S/C14H14BrN5O2/c1-2-7-20-11(17-18-19-20)8-22-14(21)13-12(15)9-5-3-4-6-10(9)16-13/h3-6,16H,2,7-8H2,1H3. The van der Waals surface area contributed by atoms with Crippen LogP contribution in [-0.4, -0.2) is 31.2 Å². The molecule has 0 aliphatic carbocycles. The van der Waals surface area contributed by atoms with Crippen LogP contribution in [0.2, 0.25) is 0 Å². The second-order valence-corrected chi connectivity index (χ2v) is 5.55. The summed E-state index contributed by atoms with van der Waals surface area (Å²) in [5.41, 5.74) is 1.26. The van der Waals surface area contributed by atoms with Gasteiger partial charge in [-0.25, -0.2) is 9.48 Å². The smallest absolute Gasteiger partial charge is 0.356 e. The van der Waals surface area contributed by atoms with E-state index in [1.54, 1.807) is 4.68 Å². The fourth-order valence-corrected chi connectivity index (χ4v) is 2.77. The lowest BCUT2D eigenvalue weighted by Gasteiger charge is -2.04. The Morgan fingerprint density at radius 1 is 1.41 bits per heavy atom. The van der Waals surface area contributed by atoms with E-state index in [1.807, 2.05) is 31.2 Å². The van der Waals surface area contributed by atoms with Gasteiger partial charge >= 0.3 is 5.97 Å². The molecule has 1 N–H and O–H groups in total. The van der Waals surface area contributed by atoms with Gasteiger partial charge in [-0.3, -0.25) is 0 Å². The number of benzene rings is 1. The fraction of sp³-hybridized carbons (Fsp3) is 0.286. The van der Waals surface area contributed by atoms with Crippen molar-refractivity contribution in [2.24, 2.45) is 0 Å². The molecule has 1 aromatic carbocycles. The molecule has 2 aromatic heterocycles. The van der Waals surface area contributed by atoms with Crippen molar-refractivity contribution in [1.29, 1.82) is 0 Å². The van der Waals surface area contributed by atoms with E-state index < -0.39 is 5.97 Å². The van der Waals surface area contributed by atoms with E-state index in [2.05, 4.69) is 36.4 Å². The van der Waals surface area contributed by atoms with E-state index in [0.717, 1.165) is 17.3 Å². The van der Waals surface area contributed by atoms with Gasteiger partial charge in [-0.15, -0.1) is 5.10 Å². The van der Waals surface area contributed by atoms with Crippen molar-refractivity contribution in [3.8, 4) is 0 Å². The van der Waals surface area contributed by atoms with Crippen molar-refractivity contribution in [3.63, 3.8) is 0 Å². The zero-order valence-electron chi connectivity index (χ0n) is 11.9. The van der Waals surface area contributed by atoms with Crippen molar-refractivity contribution in [2.45, 2.75) is 26.5 Å². The van der Waals surface area contributed by atoms with Crippen LogP contribution in [-0.2, 0) is 17.9 Å². The van der Waals surface area contributed by atoms with Crippen LogP contribution in [0.4, 0.5) is 0 Å². The molecular formula is C14H14BrN5O2. The third-order valence-corrected chi connectivity index (χ3v) is 4.04. The molecule has 7 nitrogen and oxygen atoms in total. The highest BCUT2D eigenvalue weighted by Gasteiger charge is 2.18. The number of aromatic nitrogens is 5. The maximum Gasteiger partial charge on any atom is 0.356 e. The highest BCUT2D eigenvalue weighted by molar-refractivity contribution is 9.10. The number of carbonyl (C=O) groups excluding carboxylic acids is 1. The minimum atomic E-state index is -0.450. The number of halogens is 1. The van der Waals surface area contributed by atoms with Crippen LogP contribution in [0.3, 0.4) is 0 Å². The van der Waals surface area contributed by atoms with Crippen molar-refractivity contribution >= 4 is 32.8 Å². The Balaban J connectivity index is 1.76. The number of hydrogen-bond acceptors (Lipinski definition) is 5. The number of para-hydroxylation sites is 1. The molecule has 114 valence electrons. The molecule has 0 bridgehead atoms. The molecule has 0 spiro atoms. The highest BCUT2D eigenvalue weighted by Crippen LogP contribution is 2.28. The second-order valence-electron chi connectivity index (χ2n) is 4.75. The van der Waals surface area contributed by atoms with Gasteiger partial charge in [-0.05, 0) is 38.8 Å². The summed E-state index contributed by atoms with van der Waals surface area (Å²) in [7, 11) is 0. The SMILES string of the molecule is CCCn1nnnc1COC(=O)c1[nH]c2ccccc2c1Br. The molecule has 0 unspecified atom stereocenters. The van der Waals surface area contributed by atoms with Crippen molar-refractivity contribution in [3.05, 3.63) is 40.3 Å². The maximum absolute atomic E-state index is 12.2. The summed E-state index contributed by atoms with van der Waals surface area (Å²) in [4.78, 5) is 15.3. The van der Waals surface area contributed by atoms with Gasteiger partial charge in [0, 0.05) is 17.4 Å². The number of ether oxygens (including phenoxy) is 1. The van der Waals surface area contributed by atoms with E-state index in [1.165, 1.54) is 0 Å². The number of aromatic amines is 1. The number of rotatable bonds is 5. The Morgan fingerprint density at radius 2 is 2.23 bits per heavy atom. The van der Waals surface area contributed by atoms with Crippen LogP contribution in [0.5, 0.6) is 0 Å². The largest absolute Gasteiger partial charge is 0.453 e. The van der Waals surface area contributed by atoms with Crippen LogP contribution >= 0.6 is 15.9 Å². The lowest BCUT2D eigenvalue weighted by Crippen LogP contribution is -2.11. The van der Waals surface area contributed by atoms with Crippen LogP contribution in [0.15, 0.2) is 28.7 Å². The molecule has 0 atom stereocenters. The Bertz CT molecular complexity index is 811. The molecule has 0 amide bonds. The van der Waals surface area contributed by atoms with Crippen molar-refractivity contribution < 1.29 is 9.53 Å². The van der Waals surface area contributed by atoms with Crippen molar-refractivity contribution in [2.75, 3.05) is 0 Å². The number of nitrogens with one attached hydrogen (secondary N) is 1. The zero-order chi connectivity index (χ0) is 15.5. The number of carbonyl (C=O) groups is 1. The average Bonchev–Trinajstić information content (AvgIpc) is 3.11. The topological polar surface area (TPSA) is 85.7 Å². The Hall–Kier alpha value is -2.22. The summed E-state index contributed by atoms with van der Waals surface area (Å²) >= 11 is 3.43. The first kappa shape index (κ1) is 14.7. The number of nitrogens with zero attached hydrogens (tertiary/aromatic N) is 4. The van der Waals surface area contributed by atoms with Gasteiger partial charge in [0.2, 0.25) is 0 Å². The number of H-pyrrole nitrogens is 1. The van der Waals surface area contributed by atoms with E-state index in [4.69, 9.17) is 4.74 Å². The molecule has 0 radical (unpaired) electrons. The lowest BCUT2D eigenvalue weighted by molar-refractivity contribution is 0.0449. The molecule has 0 fully saturated rings. The Morgan fingerprint density at radius 3 is 3.00 bits per heavy atom. The molecule has 0 aliphatic heterocycles. The number of fused-ring (bicyclic) bond motifs is 1. The monoisotopic (exact) mass is 363 g/mol. The number of aryl methyl sites for hydroxylation is 1. The molecule has 2 heterocycles. The van der Waals surface area contributed by atoms with Gasteiger partial charge in [0.05, 0.1) is 4.47 Å². The predicted molar refractivity (Wildman–Crippen MR) is 83.2 cm³/mol. The van der Waals surface area contributed by atoms with E-state index in [-0.39, 0.29) is 6.61 Å². The molecular weight excluding hydrogens is 350 g/mol.